The summed E-state index contributed by atoms with van der Waals surface area (Å²) in [5.74, 6) is -0.650. The SMILES string of the molecule is Fc1ccc(C2=CC3CCCC(C2)N3Cc2ccccc2)c(OC(F)F)c1. The average Bonchev–Trinajstić information content (AvgIpc) is 2.62. The van der Waals surface area contributed by atoms with Crippen LogP contribution in [0.1, 0.15) is 36.8 Å². The maximum Gasteiger partial charge on any atom is 0.387 e. The lowest BCUT2D eigenvalue weighted by atomic mass is 9.82. The van der Waals surface area contributed by atoms with Crippen molar-refractivity contribution in [1.29, 1.82) is 0 Å². The number of rotatable bonds is 5. The Balaban J connectivity index is 1.63. The molecule has 0 radical (unpaired) electrons. The number of fused-ring (bicyclic) bond motifs is 2. The highest BCUT2D eigenvalue weighted by Crippen LogP contribution is 2.40. The van der Waals surface area contributed by atoms with E-state index in [1.807, 2.05) is 18.2 Å². The van der Waals surface area contributed by atoms with Gasteiger partial charge in [-0.25, -0.2) is 4.39 Å². The van der Waals surface area contributed by atoms with Crippen LogP contribution in [0.3, 0.4) is 0 Å². The van der Waals surface area contributed by atoms with Crippen LogP contribution >= 0.6 is 0 Å². The topological polar surface area (TPSA) is 12.5 Å². The molecule has 4 rings (SSSR count). The summed E-state index contributed by atoms with van der Waals surface area (Å²) in [4.78, 5) is 2.50. The van der Waals surface area contributed by atoms with Crippen LogP contribution in [-0.2, 0) is 6.54 Å². The first kappa shape index (κ1) is 18.1. The van der Waals surface area contributed by atoms with Crippen molar-refractivity contribution >= 4 is 5.57 Å². The lowest BCUT2D eigenvalue weighted by molar-refractivity contribution is -0.0502. The maximum atomic E-state index is 13.5. The summed E-state index contributed by atoms with van der Waals surface area (Å²) < 4.78 is 43.7. The molecule has 2 atom stereocenters. The first-order valence-corrected chi connectivity index (χ1v) is 9.35. The van der Waals surface area contributed by atoms with Gasteiger partial charge >= 0.3 is 6.61 Å². The lowest BCUT2D eigenvalue weighted by Crippen LogP contribution is -2.47. The van der Waals surface area contributed by atoms with Gasteiger partial charge in [0.1, 0.15) is 11.6 Å². The molecule has 142 valence electrons. The van der Waals surface area contributed by atoms with Crippen molar-refractivity contribution in [2.24, 2.45) is 0 Å². The van der Waals surface area contributed by atoms with Crippen LogP contribution in [0.2, 0.25) is 0 Å². The van der Waals surface area contributed by atoms with E-state index in [4.69, 9.17) is 0 Å². The second kappa shape index (κ2) is 7.77. The Morgan fingerprint density at radius 3 is 2.63 bits per heavy atom. The van der Waals surface area contributed by atoms with Gasteiger partial charge in [-0.15, -0.1) is 0 Å². The van der Waals surface area contributed by atoms with Gasteiger partial charge in [0.2, 0.25) is 0 Å². The molecule has 2 nitrogen and oxygen atoms in total. The third kappa shape index (κ3) is 4.03. The number of piperidine rings is 1. The largest absolute Gasteiger partial charge is 0.434 e. The maximum absolute atomic E-state index is 13.5. The van der Waals surface area contributed by atoms with Gasteiger partial charge in [-0.2, -0.15) is 8.78 Å². The zero-order valence-electron chi connectivity index (χ0n) is 15.0. The second-order valence-electron chi connectivity index (χ2n) is 7.23. The minimum Gasteiger partial charge on any atom is -0.434 e. The van der Waals surface area contributed by atoms with E-state index < -0.39 is 12.4 Å². The predicted octanol–water partition coefficient (Wildman–Crippen LogP) is 5.64. The summed E-state index contributed by atoms with van der Waals surface area (Å²) in [6.07, 6.45) is 6.19. The molecule has 1 saturated heterocycles. The van der Waals surface area contributed by atoms with Gasteiger partial charge in [-0.1, -0.05) is 42.8 Å². The van der Waals surface area contributed by atoms with Gasteiger partial charge in [0.15, 0.2) is 0 Å². The van der Waals surface area contributed by atoms with Crippen LogP contribution in [0.25, 0.3) is 5.57 Å². The Kier molecular flexibility index (Phi) is 5.21. The van der Waals surface area contributed by atoms with Crippen LogP contribution in [0.5, 0.6) is 5.75 Å². The molecule has 2 aliphatic rings. The van der Waals surface area contributed by atoms with Crippen molar-refractivity contribution in [2.75, 3.05) is 0 Å². The molecule has 2 heterocycles. The first-order chi connectivity index (χ1) is 13.1. The van der Waals surface area contributed by atoms with Gasteiger partial charge < -0.3 is 4.74 Å². The molecule has 2 unspecified atom stereocenters. The predicted molar refractivity (Wildman–Crippen MR) is 99.0 cm³/mol. The average molecular weight is 373 g/mol. The lowest BCUT2D eigenvalue weighted by Gasteiger charge is -2.45. The number of hydrogen-bond donors (Lipinski definition) is 0. The monoisotopic (exact) mass is 373 g/mol. The molecule has 1 fully saturated rings. The van der Waals surface area contributed by atoms with E-state index in [9.17, 15) is 13.2 Å². The Morgan fingerprint density at radius 1 is 1.07 bits per heavy atom. The zero-order chi connectivity index (χ0) is 18.8. The van der Waals surface area contributed by atoms with E-state index in [1.165, 1.54) is 11.6 Å². The van der Waals surface area contributed by atoms with Gasteiger partial charge in [0.05, 0.1) is 0 Å². The van der Waals surface area contributed by atoms with Crippen LogP contribution in [0.15, 0.2) is 54.6 Å². The standard InChI is InChI=1S/C22H22F3NO/c23-17-9-10-20(21(13-17)27-22(24)25)16-11-18-7-4-8-19(12-16)26(18)14-15-5-2-1-3-6-15/h1-3,5-6,9-11,13,18-19,22H,4,7-8,12,14H2. The molecule has 0 spiro atoms. The molecule has 0 aromatic heterocycles. The van der Waals surface area contributed by atoms with E-state index in [0.717, 1.165) is 43.9 Å². The van der Waals surface area contributed by atoms with E-state index in [0.29, 0.717) is 11.6 Å². The van der Waals surface area contributed by atoms with Crippen molar-refractivity contribution in [3.63, 3.8) is 0 Å². The molecule has 0 N–H and O–H groups in total. The molecular formula is C22H22F3NO. The van der Waals surface area contributed by atoms with Crippen molar-refractivity contribution in [3.8, 4) is 5.75 Å². The highest BCUT2D eigenvalue weighted by molar-refractivity contribution is 5.72. The quantitative estimate of drug-likeness (QED) is 0.673. The highest BCUT2D eigenvalue weighted by Gasteiger charge is 2.34. The molecule has 27 heavy (non-hydrogen) atoms. The molecule has 2 aliphatic heterocycles. The fourth-order valence-electron chi connectivity index (χ4n) is 4.31. The van der Waals surface area contributed by atoms with Gasteiger partial charge in [-0.05, 0) is 42.5 Å². The molecule has 0 saturated carbocycles. The summed E-state index contributed by atoms with van der Waals surface area (Å²) in [5.41, 5.74) is 2.83. The number of benzene rings is 2. The van der Waals surface area contributed by atoms with E-state index >= 15 is 0 Å². The zero-order valence-corrected chi connectivity index (χ0v) is 15.0. The minimum atomic E-state index is -2.97. The smallest absolute Gasteiger partial charge is 0.387 e. The minimum absolute atomic E-state index is 0.0779. The number of hydrogen-bond acceptors (Lipinski definition) is 2. The first-order valence-electron chi connectivity index (χ1n) is 9.35. The molecule has 0 amide bonds. The Hall–Kier alpha value is -2.27. The number of halogens is 3. The van der Waals surface area contributed by atoms with Crippen molar-refractivity contribution in [3.05, 3.63) is 71.6 Å². The Labute approximate surface area is 157 Å². The summed E-state index contributed by atoms with van der Waals surface area (Å²) >= 11 is 0. The summed E-state index contributed by atoms with van der Waals surface area (Å²) in [6.45, 7) is -2.09. The van der Waals surface area contributed by atoms with Crippen molar-refractivity contribution in [1.82, 2.24) is 4.90 Å². The summed E-state index contributed by atoms with van der Waals surface area (Å²) in [7, 11) is 0. The van der Waals surface area contributed by atoms with Crippen LogP contribution in [0, 0.1) is 5.82 Å². The van der Waals surface area contributed by atoms with Crippen molar-refractivity contribution < 1.29 is 17.9 Å². The molecular weight excluding hydrogens is 351 g/mol. The Morgan fingerprint density at radius 2 is 1.89 bits per heavy atom. The highest BCUT2D eigenvalue weighted by atomic mass is 19.3. The van der Waals surface area contributed by atoms with E-state index in [-0.39, 0.29) is 11.8 Å². The van der Waals surface area contributed by atoms with Gasteiger partial charge in [-0.3, -0.25) is 4.90 Å². The van der Waals surface area contributed by atoms with Crippen LogP contribution < -0.4 is 4.74 Å². The molecule has 2 aromatic rings. The number of alkyl halides is 2. The second-order valence-corrected chi connectivity index (χ2v) is 7.23. The van der Waals surface area contributed by atoms with Crippen LogP contribution in [0.4, 0.5) is 13.2 Å². The van der Waals surface area contributed by atoms with Gasteiger partial charge in [0.25, 0.3) is 0 Å². The van der Waals surface area contributed by atoms with E-state index in [1.54, 1.807) is 6.07 Å². The molecule has 2 aromatic carbocycles. The third-order valence-corrected chi connectivity index (χ3v) is 5.49. The Bertz CT molecular complexity index is 822. The summed E-state index contributed by atoms with van der Waals surface area (Å²) in [6, 6.07) is 14.9. The molecule has 2 bridgehead atoms. The van der Waals surface area contributed by atoms with Crippen molar-refractivity contribution in [2.45, 2.75) is 50.9 Å². The van der Waals surface area contributed by atoms with E-state index in [2.05, 4.69) is 27.8 Å². The van der Waals surface area contributed by atoms with Gasteiger partial charge in [0, 0.05) is 30.3 Å². The van der Waals surface area contributed by atoms with Crippen LogP contribution in [-0.4, -0.2) is 23.6 Å². The normalized spacial score (nSPS) is 22.6. The fourth-order valence-corrected chi connectivity index (χ4v) is 4.31. The number of ether oxygens (including phenoxy) is 1. The molecule has 0 aliphatic carbocycles. The fraction of sp³-hybridized carbons (Fsp3) is 0.364. The number of nitrogens with zero attached hydrogens (tertiary/aromatic N) is 1. The molecule has 5 heteroatoms. The summed E-state index contributed by atoms with van der Waals surface area (Å²) in [5, 5.41) is 0. The third-order valence-electron chi connectivity index (χ3n) is 5.49.